The number of piperidine rings is 1. The number of pyridine rings is 1. The summed E-state index contributed by atoms with van der Waals surface area (Å²) in [6, 6.07) is 4.87. The maximum Gasteiger partial charge on any atom is 0.0393 e. The maximum atomic E-state index is 4.19. The van der Waals surface area contributed by atoms with Crippen molar-refractivity contribution in [1.29, 1.82) is 0 Å². The second-order valence-electron chi connectivity index (χ2n) is 4.34. The van der Waals surface area contributed by atoms with Crippen molar-refractivity contribution in [3.63, 3.8) is 0 Å². The third-order valence-electron chi connectivity index (χ3n) is 3.32. The van der Waals surface area contributed by atoms with Crippen LogP contribution in [-0.4, -0.2) is 24.1 Å². The number of nitrogens with zero attached hydrogens (tertiary/aromatic N) is 1. The van der Waals surface area contributed by atoms with Gasteiger partial charge < -0.3 is 10.6 Å². The van der Waals surface area contributed by atoms with Gasteiger partial charge in [0.1, 0.15) is 0 Å². The molecule has 2 aliphatic rings. The number of aromatic nitrogens is 1. The highest BCUT2D eigenvalue weighted by atomic mass is 15.1. The average Bonchev–Trinajstić information content (AvgIpc) is 2.62. The Kier molecular flexibility index (Phi) is 1.74. The second-order valence-corrected chi connectivity index (χ2v) is 4.34. The van der Waals surface area contributed by atoms with Crippen LogP contribution in [0, 0.1) is 18.8 Å². The summed E-state index contributed by atoms with van der Waals surface area (Å²) in [5.41, 5.74) is 2.30. The lowest BCUT2D eigenvalue weighted by Gasteiger charge is -2.08. The van der Waals surface area contributed by atoms with Crippen LogP contribution in [0.25, 0.3) is 0 Å². The summed E-state index contributed by atoms with van der Waals surface area (Å²) in [5.74, 6) is 1.73. The van der Waals surface area contributed by atoms with Crippen molar-refractivity contribution in [2.75, 3.05) is 18.4 Å². The predicted molar refractivity (Wildman–Crippen MR) is 56.2 cm³/mol. The van der Waals surface area contributed by atoms with Gasteiger partial charge in [-0.3, -0.25) is 4.98 Å². The van der Waals surface area contributed by atoms with Crippen LogP contribution in [0.1, 0.15) is 5.69 Å². The Hall–Kier alpha value is -1.09. The summed E-state index contributed by atoms with van der Waals surface area (Å²) in [6.07, 6.45) is 1.87. The topological polar surface area (TPSA) is 37.0 Å². The van der Waals surface area contributed by atoms with E-state index in [0.717, 1.165) is 17.5 Å². The van der Waals surface area contributed by atoms with Crippen molar-refractivity contribution in [3.05, 3.63) is 24.0 Å². The normalized spacial score (nSPS) is 33.9. The van der Waals surface area contributed by atoms with E-state index in [0.29, 0.717) is 6.04 Å². The zero-order valence-electron chi connectivity index (χ0n) is 8.33. The molecule has 1 aromatic rings. The molecule has 2 N–H and O–H groups in total. The highest BCUT2D eigenvalue weighted by Crippen LogP contribution is 2.43. The maximum absolute atomic E-state index is 4.19. The van der Waals surface area contributed by atoms with Crippen molar-refractivity contribution in [3.8, 4) is 0 Å². The molecule has 3 rings (SSSR count). The molecule has 0 aromatic carbocycles. The molecule has 2 heterocycles. The van der Waals surface area contributed by atoms with Crippen LogP contribution >= 0.6 is 0 Å². The van der Waals surface area contributed by atoms with Crippen LogP contribution < -0.4 is 10.6 Å². The SMILES string of the molecule is Cc1cc(NC2C3CNCC32)ccn1. The van der Waals surface area contributed by atoms with E-state index in [1.807, 2.05) is 13.1 Å². The first-order valence-corrected chi connectivity index (χ1v) is 5.24. The molecule has 0 spiro atoms. The minimum Gasteiger partial charge on any atom is -0.382 e. The van der Waals surface area contributed by atoms with E-state index < -0.39 is 0 Å². The van der Waals surface area contributed by atoms with Crippen molar-refractivity contribution < 1.29 is 0 Å². The van der Waals surface area contributed by atoms with E-state index in [1.54, 1.807) is 0 Å². The van der Waals surface area contributed by atoms with Gasteiger partial charge >= 0.3 is 0 Å². The Morgan fingerprint density at radius 2 is 2.21 bits per heavy atom. The molecule has 2 unspecified atom stereocenters. The van der Waals surface area contributed by atoms with Crippen LogP contribution in [0.5, 0.6) is 0 Å². The van der Waals surface area contributed by atoms with Crippen LogP contribution in [0.15, 0.2) is 18.3 Å². The minimum atomic E-state index is 0.707. The Balaban J connectivity index is 1.68. The van der Waals surface area contributed by atoms with E-state index in [-0.39, 0.29) is 0 Å². The fourth-order valence-corrected chi connectivity index (χ4v) is 2.46. The molecule has 74 valence electrons. The van der Waals surface area contributed by atoms with Crippen molar-refractivity contribution in [2.45, 2.75) is 13.0 Å². The van der Waals surface area contributed by atoms with Gasteiger partial charge in [0.2, 0.25) is 0 Å². The van der Waals surface area contributed by atoms with Crippen molar-refractivity contribution >= 4 is 5.69 Å². The first-order valence-electron chi connectivity index (χ1n) is 5.24. The molecule has 2 atom stereocenters. The number of hydrogen-bond acceptors (Lipinski definition) is 3. The van der Waals surface area contributed by atoms with Crippen LogP contribution in [0.3, 0.4) is 0 Å². The van der Waals surface area contributed by atoms with Gasteiger partial charge in [0.15, 0.2) is 0 Å². The standard InChI is InChI=1S/C11H15N3/c1-7-4-8(2-3-13-7)14-11-9-5-12-6-10(9)11/h2-4,9-12H,5-6H2,1H3,(H,13,14). The summed E-state index contributed by atoms with van der Waals surface area (Å²) in [6.45, 7) is 4.40. The molecule has 3 heteroatoms. The second kappa shape index (κ2) is 2.95. The Bertz CT molecular complexity index is 340. The summed E-state index contributed by atoms with van der Waals surface area (Å²) < 4.78 is 0. The monoisotopic (exact) mass is 189 g/mol. The summed E-state index contributed by atoms with van der Waals surface area (Å²) in [5, 5.41) is 6.98. The number of fused-ring (bicyclic) bond motifs is 1. The molecule has 1 saturated carbocycles. The molecular formula is C11H15N3. The quantitative estimate of drug-likeness (QED) is 0.729. The van der Waals surface area contributed by atoms with E-state index >= 15 is 0 Å². The van der Waals surface area contributed by atoms with Crippen LogP contribution in [0.4, 0.5) is 5.69 Å². The van der Waals surface area contributed by atoms with Gasteiger partial charge in [0, 0.05) is 36.7 Å². The predicted octanol–water partition coefficient (Wildman–Crippen LogP) is 1.02. The number of nitrogens with one attached hydrogen (secondary N) is 2. The van der Waals surface area contributed by atoms with Crippen LogP contribution in [0.2, 0.25) is 0 Å². The number of aryl methyl sites for hydroxylation is 1. The van der Waals surface area contributed by atoms with E-state index in [1.165, 1.54) is 18.8 Å². The molecule has 1 aliphatic heterocycles. The smallest absolute Gasteiger partial charge is 0.0393 e. The summed E-state index contributed by atoms with van der Waals surface area (Å²) in [7, 11) is 0. The molecule has 3 nitrogen and oxygen atoms in total. The lowest BCUT2D eigenvalue weighted by molar-refractivity contribution is 0.697. The number of anilines is 1. The fourth-order valence-electron chi connectivity index (χ4n) is 2.46. The third-order valence-corrected chi connectivity index (χ3v) is 3.32. The zero-order valence-corrected chi connectivity index (χ0v) is 8.33. The van der Waals surface area contributed by atoms with Gasteiger partial charge in [-0.1, -0.05) is 0 Å². The van der Waals surface area contributed by atoms with Gasteiger partial charge in [0.05, 0.1) is 0 Å². The molecule has 1 aromatic heterocycles. The minimum absolute atomic E-state index is 0.707. The van der Waals surface area contributed by atoms with Crippen LogP contribution in [-0.2, 0) is 0 Å². The molecule has 0 radical (unpaired) electrons. The van der Waals surface area contributed by atoms with E-state index in [9.17, 15) is 0 Å². The van der Waals surface area contributed by atoms with E-state index in [2.05, 4.69) is 27.8 Å². The number of hydrogen-bond donors (Lipinski definition) is 2. The van der Waals surface area contributed by atoms with Crippen molar-refractivity contribution in [1.82, 2.24) is 10.3 Å². The molecule has 1 saturated heterocycles. The molecule has 2 fully saturated rings. The molecule has 0 bridgehead atoms. The van der Waals surface area contributed by atoms with Gasteiger partial charge in [-0.15, -0.1) is 0 Å². The summed E-state index contributed by atoms with van der Waals surface area (Å²) in [4.78, 5) is 4.19. The summed E-state index contributed by atoms with van der Waals surface area (Å²) >= 11 is 0. The van der Waals surface area contributed by atoms with Gasteiger partial charge in [0.25, 0.3) is 0 Å². The largest absolute Gasteiger partial charge is 0.382 e. The third kappa shape index (κ3) is 1.28. The highest BCUT2D eigenvalue weighted by molar-refractivity contribution is 5.46. The Labute approximate surface area is 83.9 Å². The lowest BCUT2D eigenvalue weighted by atomic mass is 10.3. The molecule has 0 amide bonds. The lowest BCUT2D eigenvalue weighted by Crippen LogP contribution is -2.21. The van der Waals surface area contributed by atoms with E-state index in [4.69, 9.17) is 0 Å². The molecule has 1 aliphatic carbocycles. The first-order chi connectivity index (χ1) is 6.84. The Morgan fingerprint density at radius 3 is 2.93 bits per heavy atom. The fraction of sp³-hybridized carbons (Fsp3) is 0.545. The zero-order chi connectivity index (χ0) is 9.54. The first kappa shape index (κ1) is 8.24. The highest BCUT2D eigenvalue weighted by Gasteiger charge is 2.52. The number of rotatable bonds is 2. The average molecular weight is 189 g/mol. The molecule has 14 heavy (non-hydrogen) atoms. The van der Waals surface area contributed by atoms with Crippen molar-refractivity contribution in [2.24, 2.45) is 11.8 Å². The Morgan fingerprint density at radius 1 is 1.43 bits per heavy atom. The van der Waals surface area contributed by atoms with Gasteiger partial charge in [-0.25, -0.2) is 0 Å². The van der Waals surface area contributed by atoms with Gasteiger partial charge in [-0.2, -0.15) is 0 Å². The molecular weight excluding hydrogens is 174 g/mol. The van der Waals surface area contributed by atoms with Gasteiger partial charge in [-0.05, 0) is 30.9 Å².